The number of halogens is 1. The SMILES string of the molecule is O=C(CC(O)c1cccc(F)c1)N1CCN(CCO)CC1. The van der Waals surface area contributed by atoms with Gasteiger partial charge < -0.3 is 15.1 Å². The Kier molecular flexibility index (Phi) is 5.67. The van der Waals surface area contributed by atoms with Crippen molar-refractivity contribution in [3.8, 4) is 0 Å². The van der Waals surface area contributed by atoms with Crippen molar-refractivity contribution in [2.75, 3.05) is 39.3 Å². The predicted octanol–water partition coefficient (Wildman–Crippen LogP) is 0.386. The molecule has 0 bridgehead atoms. The Bertz CT molecular complexity index is 476. The number of benzene rings is 1. The number of β-amino-alcohol motifs (C(OH)–C–C–N with tert-alkyl or cyclic N) is 1. The molecule has 5 nitrogen and oxygen atoms in total. The van der Waals surface area contributed by atoms with Crippen molar-refractivity contribution >= 4 is 5.91 Å². The summed E-state index contributed by atoms with van der Waals surface area (Å²) < 4.78 is 13.1. The second kappa shape index (κ2) is 7.49. The highest BCUT2D eigenvalue weighted by molar-refractivity contribution is 5.77. The predicted molar refractivity (Wildman–Crippen MR) is 76.1 cm³/mol. The van der Waals surface area contributed by atoms with Gasteiger partial charge in [0.25, 0.3) is 0 Å². The molecule has 0 spiro atoms. The minimum absolute atomic E-state index is 0.0382. The van der Waals surface area contributed by atoms with Crippen LogP contribution in [0.5, 0.6) is 0 Å². The summed E-state index contributed by atoms with van der Waals surface area (Å²) in [4.78, 5) is 15.9. The first-order valence-electron chi connectivity index (χ1n) is 7.14. The van der Waals surface area contributed by atoms with Crippen LogP contribution in [0.25, 0.3) is 0 Å². The molecule has 1 saturated heterocycles. The summed E-state index contributed by atoms with van der Waals surface area (Å²) in [6.45, 7) is 3.37. The Morgan fingerprint density at radius 2 is 2.00 bits per heavy atom. The molecule has 1 heterocycles. The largest absolute Gasteiger partial charge is 0.395 e. The molecule has 2 N–H and O–H groups in total. The normalized spacial score (nSPS) is 17.8. The average Bonchev–Trinajstić information content (AvgIpc) is 2.48. The monoisotopic (exact) mass is 296 g/mol. The van der Waals surface area contributed by atoms with Crippen LogP contribution in [-0.2, 0) is 4.79 Å². The number of aliphatic hydroxyl groups excluding tert-OH is 2. The molecule has 1 aromatic rings. The number of hydrogen-bond donors (Lipinski definition) is 2. The highest BCUT2D eigenvalue weighted by Crippen LogP contribution is 2.19. The third-order valence-electron chi connectivity index (χ3n) is 3.74. The van der Waals surface area contributed by atoms with E-state index in [0.717, 1.165) is 13.1 Å². The lowest BCUT2D eigenvalue weighted by atomic mass is 10.1. The van der Waals surface area contributed by atoms with E-state index in [4.69, 9.17) is 5.11 Å². The molecule has 0 radical (unpaired) electrons. The fraction of sp³-hybridized carbons (Fsp3) is 0.533. The molecule has 21 heavy (non-hydrogen) atoms. The Balaban J connectivity index is 1.84. The van der Waals surface area contributed by atoms with E-state index >= 15 is 0 Å². The molecule has 0 aliphatic carbocycles. The number of nitrogens with zero attached hydrogens (tertiary/aromatic N) is 2. The maximum Gasteiger partial charge on any atom is 0.225 e. The third kappa shape index (κ3) is 4.49. The van der Waals surface area contributed by atoms with Crippen molar-refractivity contribution in [3.63, 3.8) is 0 Å². The van der Waals surface area contributed by atoms with Gasteiger partial charge in [0.1, 0.15) is 5.82 Å². The smallest absolute Gasteiger partial charge is 0.225 e. The van der Waals surface area contributed by atoms with Crippen LogP contribution in [-0.4, -0.2) is 65.3 Å². The summed E-state index contributed by atoms with van der Waals surface area (Å²) in [7, 11) is 0. The van der Waals surface area contributed by atoms with Crippen LogP contribution in [0.2, 0.25) is 0 Å². The molecule has 1 unspecified atom stereocenters. The van der Waals surface area contributed by atoms with Crippen molar-refractivity contribution in [1.29, 1.82) is 0 Å². The summed E-state index contributed by atoms with van der Waals surface area (Å²) in [6.07, 6.45) is -1.02. The lowest BCUT2D eigenvalue weighted by molar-refractivity contribution is -0.135. The Labute approximate surface area is 123 Å². The van der Waals surface area contributed by atoms with E-state index in [1.54, 1.807) is 11.0 Å². The lowest BCUT2D eigenvalue weighted by Gasteiger charge is -2.34. The van der Waals surface area contributed by atoms with Gasteiger partial charge in [-0.25, -0.2) is 4.39 Å². The number of carbonyl (C=O) groups is 1. The van der Waals surface area contributed by atoms with Gasteiger partial charge in [0.2, 0.25) is 5.91 Å². The minimum atomic E-state index is -0.983. The summed E-state index contributed by atoms with van der Waals surface area (Å²) >= 11 is 0. The van der Waals surface area contributed by atoms with Crippen LogP contribution in [0, 0.1) is 5.82 Å². The second-order valence-corrected chi connectivity index (χ2v) is 5.22. The lowest BCUT2D eigenvalue weighted by Crippen LogP contribution is -2.49. The molecule has 2 rings (SSSR count). The molecule has 1 aliphatic rings. The van der Waals surface area contributed by atoms with Gasteiger partial charge in [0.15, 0.2) is 0 Å². The Hall–Kier alpha value is -1.50. The number of hydrogen-bond acceptors (Lipinski definition) is 4. The fourth-order valence-corrected chi connectivity index (χ4v) is 2.49. The van der Waals surface area contributed by atoms with Gasteiger partial charge in [0, 0.05) is 32.7 Å². The first-order valence-corrected chi connectivity index (χ1v) is 7.14. The zero-order chi connectivity index (χ0) is 15.2. The standard InChI is InChI=1S/C15H21FN2O3/c16-13-3-1-2-12(10-13)14(20)11-15(21)18-6-4-17(5-7-18)8-9-19/h1-3,10,14,19-20H,4-9,11H2. The summed E-state index contributed by atoms with van der Waals surface area (Å²) in [5.41, 5.74) is 0.419. The van der Waals surface area contributed by atoms with Gasteiger partial charge in [0.05, 0.1) is 19.1 Å². The van der Waals surface area contributed by atoms with Crippen LogP contribution in [0.3, 0.4) is 0 Å². The summed E-state index contributed by atoms with van der Waals surface area (Å²) in [5, 5.41) is 18.9. The zero-order valence-electron chi connectivity index (χ0n) is 11.9. The summed E-state index contributed by atoms with van der Waals surface area (Å²) in [6, 6.07) is 5.68. The quantitative estimate of drug-likeness (QED) is 0.825. The van der Waals surface area contributed by atoms with Crippen LogP contribution in [0.15, 0.2) is 24.3 Å². The average molecular weight is 296 g/mol. The molecular formula is C15H21FN2O3. The highest BCUT2D eigenvalue weighted by Gasteiger charge is 2.23. The van der Waals surface area contributed by atoms with E-state index in [9.17, 15) is 14.3 Å². The maximum atomic E-state index is 13.1. The van der Waals surface area contributed by atoms with Crippen molar-refractivity contribution in [2.24, 2.45) is 0 Å². The maximum absolute atomic E-state index is 13.1. The van der Waals surface area contributed by atoms with Gasteiger partial charge in [-0.15, -0.1) is 0 Å². The van der Waals surface area contributed by atoms with Crippen molar-refractivity contribution in [3.05, 3.63) is 35.6 Å². The number of rotatable bonds is 5. The van der Waals surface area contributed by atoms with E-state index < -0.39 is 11.9 Å². The molecule has 0 saturated carbocycles. The molecule has 116 valence electrons. The Morgan fingerprint density at radius 1 is 1.29 bits per heavy atom. The molecule has 1 aromatic carbocycles. The first-order chi connectivity index (χ1) is 10.1. The van der Waals surface area contributed by atoms with E-state index in [2.05, 4.69) is 4.90 Å². The van der Waals surface area contributed by atoms with E-state index in [1.165, 1.54) is 18.2 Å². The molecule has 1 amide bonds. The van der Waals surface area contributed by atoms with Crippen LogP contribution >= 0.6 is 0 Å². The number of amides is 1. The molecule has 1 aliphatic heterocycles. The van der Waals surface area contributed by atoms with Crippen LogP contribution < -0.4 is 0 Å². The molecule has 1 atom stereocenters. The van der Waals surface area contributed by atoms with E-state index in [-0.39, 0.29) is 18.9 Å². The molecule has 0 aromatic heterocycles. The minimum Gasteiger partial charge on any atom is -0.395 e. The number of aliphatic hydroxyl groups is 2. The summed E-state index contributed by atoms with van der Waals surface area (Å²) in [5.74, 6) is -0.549. The second-order valence-electron chi connectivity index (χ2n) is 5.22. The van der Waals surface area contributed by atoms with Crippen molar-refractivity contribution in [2.45, 2.75) is 12.5 Å². The van der Waals surface area contributed by atoms with Crippen LogP contribution in [0.1, 0.15) is 18.1 Å². The van der Waals surface area contributed by atoms with Gasteiger partial charge >= 0.3 is 0 Å². The topological polar surface area (TPSA) is 64.0 Å². The van der Waals surface area contributed by atoms with E-state index in [1.807, 2.05) is 0 Å². The van der Waals surface area contributed by atoms with E-state index in [0.29, 0.717) is 25.2 Å². The van der Waals surface area contributed by atoms with Crippen molar-refractivity contribution in [1.82, 2.24) is 9.80 Å². The Morgan fingerprint density at radius 3 is 2.62 bits per heavy atom. The number of piperazine rings is 1. The highest BCUT2D eigenvalue weighted by atomic mass is 19.1. The van der Waals surface area contributed by atoms with Gasteiger partial charge in [-0.3, -0.25) is 9.69 Å². The van der Waals surface area contributed by atoms with Gasteiger partial charge in [-0.05, 0) is 17.7 Å². The van der Waals surface area contributed by atoms with Crippen molar-refractivity contribution < 1.29 is 19.4 Å². The van der Waals surface area contributed by atoms with Crippen LogP contribution in [0.4, 0.5) is 4.39 Å². The molecular weight excluding hydrogens is 275 g/mol. The molecule has 6 heteroatoms. The molecule has 1 fully saturated rings. The van der Waals surface area contributed by atoms with Gasteiger partial charge in [-0.1, -0.05) is 12.1 Å². The first kappa shape index (κ1) is 15.9. The fourth-order valence-electron chi connectivity index (χ4n) is 2.49. The zero-order valence-corrected chi connectivity index (χ0v) is 11.9. The number of carbonyl (C=O) groups excluding carboxylic acids is 1. The van der Waals surface area contributed by atoms with Gasteiger partial charge in [-0.2, -0.15) is 0 Å². The third-order valence-corrected chi connectivity index (χ3v) is 3.74.